The summed E-state index contributed by atoms with van der Waals surface area (Å²) in [7, 11) is 1.95. The van der Waals surface area contributed by atoms with Gasteiger partial charge in [0.05, 0.1) is 11.0 Å². The van der Waals surface area contributed by atoms with Gasteiger partial charge in [0.2, 0.25) is 5.95 Å². The van der Waals surface area contributed by atoms with Crippen LogP contribution in [-0.4, -0.2) is 57.0 Å². The molecule has 1 saturated heterocycles. The number of piperidine rings is 1. The number of urea groups is 1. The van der Waals surface area contributed by atoms with Crippen LogP contribution in [0.25, 0.3) is 11.0 Å². The van der Waals surface area contributed by atoms with Gasteiger partial charge in [0.1, 0.15) is 5.65 Å². The molecule has 2 unspecified atom stereocenters. The summed E-state index contributed by atoms with van der Waals surface area (Å²) >= 11 is 0. The number of likely N-dealkylation sites (N-methyl/N-ethyl adjacent to an activating group) is 1. The minimum absolute atomic E-state index is 0.0134. The second kappa shape index (κ2) is 7.97. The lowest BCUT2D eigenvalue weighted by Gasteiger charge is -2.41. The maximum atomic E-state index is 12.8. The lowest BCUT2D eigenvalue weighted by molar-refractivity contribution is -0.384. The van der Waals surface area contributed by atoms with Gasteiger partial charge in [-0.3, -0.25) is 10.1 Å². The summed E-state index contributed by atoms with van der Waals surface area (Å²) in [4.78, 5) is 39.0. The Balaban J connectivity index is 1.45. The van der Waals surface area contributed by atoms with E-state index in [9.17, 15) is 14.9 Å². The Kier molecular flexibility index (Phi) is 5.21. The zero-order valence-electron chi connectivity index (χ0n) is 16.8. The largest absolute Gasteiger partial charge is 0.346 e. The molecule has 156 valence electrons. The number of amides is 2. The number of aromatic nitrogens is 3. The zero-order chi connectivity index (χ0) is 21.3. The van der Waals surface area contributed by atoms with Gasteiger partial charge in [-0.2, -0.15) is 4.98 Å². The number of aromatic amines is 1. The van der Waals surface area contributed by atoms with E-state index in [1.807, 2.05) is 24.2 Å². The third-order valence-corrected chi connectivity index (χ3v) is 5.64. The summed E-state index contributed by atoms with van der Waals surface area (Å²) < 4.78 is 0. The molecule has 3 heterocycles. The molecule has 1 aliphatic rings. The predicted octanol–water partition coefficient (Wildman–Crippen LogP) is 3.24. The Morgan fingerprint density at radius 3 is 2.83 bits per heavy atom. The van der Waals surface area contributed by atoms with Gasteiger partial charge in [-0.05, 0) is 30.5 Å². The van der Waals surface area contributed by atoms with Gasteiger partial charge < -0.3 is 20.1 Å². The van der Waals surface area contributed by atoms with Crippen LogP contribution in [-0.2, 0) is 0 Å². The number of nitro groups is 1. The number of hydrogen-bond acceptors (Lipinski definition) is 6. The number of H-pyrrole nitrogens is 1. The minimum Gasteiger partial charge on any atom is -0.346 e. The summed E-state index contributed by atoms with van der Waals surface area (Å²) in [6, 6.07) is 7.57. The standard InChI is InChI=1S/C20H23N7O3/c1-13-8-10-26(20(28)23-15-3-5-16(6-4-15)27(29)30)12-17(13)25(2)19-22-11-14-7-9-21-18(14)24-19/h3-7,9,11,13,17H,8,10,12H2,1-2H3,(H,23,28)(H,21,22,24). The quantitative estimate of drug-likeness (QED) is 0.504. The lowest BCUT2D eigenvalue weighted by Crippen LogP contribution is -2.53. The number of fused-ring (bicyclic) bond motifs is 1. The summed E-state index contributed by atoms with van der Waals surface area (Å²) in [5, 5.41) is 14.6. The first-order valence-electron chi connectivity index (χ1n) is 9.75. The molecule has 0 radical (unpaired) electrons. The summed E-state index contributed by atoms with van der Waals surface area (Å²) in [5.41, 5.74) is 1.29. The highest BCUT2D eigenvalue weighted by atomic mass is 16.6. The fourth-order valence-corrected chi connectivity index (χ4v) is 3.75. The molecular weight excluding hydrogens is 386 g/mol. The van der Waals surface area contributed by atoms with Crippen molar-refractivity contribution in [1.29, 1.82) is 0 Å². The number of carbonyl (C=O) groups excluding carboxylic acids is 1. The van der Waals surface area contributed by atoms with Crippen LogP contribution in [0.1, 0.15) is 13.3 Å². The molecule has 10 nitrogen and oxygen atoms in total. The molecule has 1 aromatic carbocycles. The molecule has 1 fully saturated rings. The van der Waals surface area contributed by atoms with Crippen LogP contribution >= 0.6 is 0 Å². The average molecular weight is 409 g/mol. The molecule has 0 bridgehead atoms. The lowest BCUT2D eigenvalue weighted by atomic mass is 9.92. The third-order valence-electron chi connectivity index (χ3n) is 5.64. The van der Waals surface area contributed by atoms with Crippen LogP contribution in [0, 0.1) is 16.0 Å². The highest BCUT2D eigenvalue weighted by Crippen LogP contribution is 2.25. The van der Waals surface area contributed by atoms with Gasteiger partial charge in [-0.1, -0.05) is 6.92 Å². The van der Waals surface area contributed by atoms with E-state index in [1.54, 1.807) is 11.1 Å². The van der Waals surface area contributed by atoms with Gasteiger partial charge in [0, 0.05) is 55.7 Å². The van der Waals surface area contributed by atoms with Crippen LogP contribution in [0.2, 0.25) is 0 Å². The molecule has 10 heteroatoms. The maximum absolute atomic E-state index is 12.8. The van der Waals surface area contributed by atoms with Crippen LogP contribution < -0.4 is 10.2 Å². The zero-order valence-corrected chi connectivity index (χ0v) is 16.8. The molecule has 2 N–H and O–H groups in total. The Labute approximate surface area is 173 Å². The Morgan fingerprint density at radius 2 is 2.10 bits per heavy atom. The van der Waals surface area contributed by atoms with E-state index >= 15 is 0 Å². The summed E-state index contributed by atoms with van der Waals surface area (Å²) in [6.45, 7) is 3.34. The molecule has 2 amide bonds. The van der Waals surface area contributed by atoms with Gasteiger partial charge in [-0.15, -0.1) is 0 Å². The third kappa shape index (κ3) is 3.88. The Bertz CT molecular complexity index is 1070. The molecule has 30 heavy (non-hydrogen) atoms. The van der Waals surface area contributed by atoms with E-state index in [4.69, 9.17) is 0 Å². The first kappa shape index (κ1) is 19.6. The molecule has 0 spiro atoms. The number of nitrogens with one attached hydrogen (secondary N) is 2. The molecule has 0 saturated carbocycles. The van der Waals surface area contributed by atoms with E-state index in [1.165, 1.54) is 24.3 Å². The fourth-order valence-electron chi connectivity index (χ4n) is 3.75. The van der Waals surface area contributed by atoms with Crippen molar-refractivity contribution >= 4 is 34.4 Å². The van der Waals surface area contributed by atoms with Gasteiger partial charge >= 0.3 is 6.03 Å². The monoisotopic (exact) mass is 409 g/mol. The summed E-state index contributed by atoms with van der Waals surface area (Å²) in [5.74, 6) is 0.973. The molecule has 2 atom stereocenters. The minimum atomic E-state index is -0.468. The van der Waals surface area contributed by atoms with E-state index in [-0.39, 0.29) is 17.8 Å². The number of anilines is 2. The predicted molar refractivity (Wildman–Crippen MR) is 114 cm³/mol. The van der Waals surface area contributed by atoms with Crippen LogP contribution in [0.15, 0.2) is 42.7 Å². The number of rotatable bonds is 4. The van der Waals surface area contributed by atoms with Crippen molar-refractivity contribution in [1.82, 2.24) is 19.9 Å². The normalized spacial score (nSPS) is 18.9. The van der Waals surface area contributed by atoms with Gasteiger partial charge in [-0.25, -0.2) is 9.78 Å². The number of carbonyl (C=O) groups is 1. The van der Waals surface area contributed by atoms with Crippen LogP contribution in [0.5, 0.6) is 0 Å². The van der Waals surface area contributed by atoms with E-state index < -0.39 is 4.92 Å². The molecule has 4 rings (SSSR count). The first-order chi connectivity index (χ1) is 14.4. The molecule has 2 aromatic heterocycles. The molecule has 3 aromatic rings. The average Bonchev–Trinajstić information content (AvgIpc) is 3.22. The summed E-state index contributed by atoms with van der Waals surface area (Å²) in [6.07, 6.45) is 4.47. The SMILES string of the molecule is CC1CCN(C(=O)Nc2ccc([N+](=O)[O-])cc2)CC1N(C)c1ncc2cc[nH]c2n1. The second-order valence-corrected chi connectivity index (χ2v) is 7.58. The molecule has 0 aliphatic carbocycles. The smallest absolute Gasteiger partial charge is 0.321 e. The van der Waals surface area contributed by atoms with Crippen LogP contribution in [0.4, 0.5) is 22.1 Å². The topological polar surface area (TPSA) is 120 Å². The van der Waals surface area contributed by atoms with E-state index in [2.05, 4.69) is 27.2 Å². The number of benzene rings is 1. The number of nitro benzene ring substituents is 1. The van der Waals surface area contributed by atoms with Crippen molar-refractivity contribution in [2.24, 2.45) is 5.92 Å². The Hall–Kier alpha value is -3.69. The van der Waals surface area contributed by atoms with Crippen molar-refractivity contribution in [3.63, 3.8) is 0 Å². The Morgan fingerprint density at radius 1 is 1.33 bits per heavy atom. The first-order valence-corrected chi connectivity index (χ1v) is 9.75. The highest BCUT2D eigenvalue weighted by molar-refractivity contribution is 5.89. The molecular formula is C20H23N7O3. The molecule has 1 aliphatic heterocycles. The van der Waals surface area contributed by atoms with E-state index in [0.29, 0.717) is 30.6 Å². The van der Waals surface area contributed by atoms with Crippen LogP contribution in [0.3, 0.4) is 0 Å². The number of likely N-dealkylation sites (tertiary alicyclic amines) is 1. The van der Waals surface area contributed by atoms with Crippen molar-refractivity contribution < 1.29 is 9.72 Å². The number of nitrogens with zero attached hydrogens (tertiary/aromatic N) is 5. The van der Waals surface area contributed by atoms with Crippen molar-refractivity contribution in [2.75, 3.05) is 30.4 Å². The van der Waals surface area contributed by atoms with Crippen molar-refractivity contribution in [3.8, 4) is 0 Å². The fraction of sp³-hybridized carbons (Fsp3) is 0.350. The van der Waals surface area contributed by atoms with E-state index in [0.717, 1.165) is 17.5 Å². The second-order valence-electron chi connectivity index (χ2n) is 7.58. The maximum Gasteiger partial charge on any atom is 0.321 e. The number of non-ortho nitro benzene ring substituents is 1. The van der Waals surface area contributed by atoms with Crippen molar-refractivity contribution in [3.05, 3.63) is 52.8 Å². The van der Waals surface area contributed by atoms with Gasteiger partial charge in [0.25, 0.3) is 5.69 Å². The van der Waals surface area contributed by atoms with Gasteiger partial charge in [0.15, 0.2) is 0 Å². The highest BCUT2D eigenvalue weighted by Gasteiger charge is 2.32. The van der Waals surface area contributed by atoms with Crippen molar-refractivity contribution in [2.45, 2.75) is 19.4 Å². The number of hydrogen-bond donors (Lipinski definition) is 2.